The van der Waals surface area contributed by atoms with E-state index in [2.05, 4.69) is 26.1 Å². The summed E-state index contributed by atoms with van der Waals surface area (Å²) in [6, 6.07) is 0.879. The number of hydrogen-bond donors (Lipinski definition) is 1. The predicted molar refractivity (Wildman–Crippen MR) is 58.9 cm³/mol. The standard InChI is InChI=1S/C12H25N/c1-4-5-10(2)8-11(3)9-13-12-6-7-12/h10-13H,4-9H2,1-3H3. The van der Waals surface area contributed by atoms with E-state index in [1.54, 1.807) is 0 Å². The van der Waals surface area contributed by atoms with E-state index >= 15 is 0 Å². The fourth-order valence-corrected chi connectivity index (χ4v) is 2.04. The first-order chi connectivity index (χ1) is 6.22. The highest BCUT2D eigenvalue weighted by Gasteiger charge is 2.21. The highest BCUT2D eigenvalue weighted by Crippen LogP contribution is 2.20. The zero-order chi connectivity index (χ0) is 9.68. The molecular weight excluding hydrogens is 158 g/mol. The van der Waals surface area contributed by atoms with E-state index in [-0.39, 0.29) is 0 Å². The Morgan fingerprint density at radius 1 is 1.23 bits per heavy atom. The summed E-state index contributed by atoms with van der Waals surface area (Å²) in [7, 11) is 0. The van der Waals surface area contributed by atoms with Gasteiger partial charge in [-0.2, -0.15) is 0 Å². The van der Waals surface area contributed by atoms with Crippen molar-refractivity contribution in [3.63, 3.8) is 0 Å². The average molecular weight is 183 g/mol. The van der Waals surface area contributed by atoms with Gasteiger partial charge in [0.05, 0.1) is 0 Å². The van der Waals surface area contributed by atoms with Crippen molar-refractivity contribution in [2.24, 2.45) is 11.8 Å². The summed E-state index contributed by atoms with van der Waals surface area (Å²) in [5.74, 6) is 1.78. The first kappa shape index (κ1) is 11.0. The molecule has 0 radical (unpaired) electrons. The van der Waals surface area contributed by atoms with Gasteiger partial charge in [-0.25, -0.2) is 0 Å². The zero-order valence-electron chi connectivity index (χ0n) is 9.47. The van der Waals surface area contributed by atoms with Crippen LogP contribution in [-0.2, 0) is 0 Å². The van der Waals surface area contributed by atoms with Gasteiger partial charge in [-0.05, 0) is 37.6 Å². The lowest BCUT2D eigenvalue weighted by molar-refractivity contribution is 0.376. The van der Waals surface area contributed by atoms with E-state index in [0.717, 1.165) is 17.9 Å². The van der Waals surface area contributed by atoms with Crippen LogP contribution in [0.1, 0.15) is 52.9 Å². The summed E-state index contributed by atoms with van der Waals surface area (Å²) in [4.78, 5) is 0. The first-order valence-electron chi connectivity index (χ1n) is 5.95. The quantitative estimate of drug-likeness (QED) is 0.639. The molecule has 2 atom stereocenters. The van der Waals surface area contributed by atoms with Crippen LogP contribution in [0.2, 0.25) is 0 Å². The minimum absolute atomic E-state index is 0.863. The van der Waals surface area contributed by atoms with Crippen molar-refractivity contribution in [2.75, 3.05) is 6.54 Å². The maximum absolute atomic E-state index is 3.60. The Balaban J connectivity index is 1.97. The Bertz CT molecular complexity index is 129. The average Bonchev–Trinajstić information content (AvgIpc) is 2.84. The molecule has 0 heterocycles. The molecule has 0 aromatic rings. The van der Waals surface area contributed by atoms with E-state index in [1.807, 2.05) is 0 Å². The van der Waals surface area contributed by atoms with Gasteiger partial charge in [0.15, 0.2) is 0 Å². The van der Waals surface area contributed by atoms with E-state index in [0.29, 0.717) is 0 Å². The molecule has 1 nitrogen and oxygen atoms in total. The topological polar surface area (TPSA) is 12.0 Å². The maximum Gasteiger partial charge on any atom is 0.00683 e. The molecule has 0 saturated heterocycles. The third-order valence-corrected chi connectivity index (χ3v) is 2.92. The van der Waals surface area contributed by atoms with Gasteiger partial charge in [0.2, 0.25) is 0 Å². The zero-order valence-corrected chi connectivity index (χ0v) is 9.47. The molecule has 1 rings (SSSR count). The monoisotopic (exact) mass is 183 g/mol. The van der Waals surface area contributed by atoms with Crippen LogP contribution in [0.4, 0.5) is 0 Å². The molecule has 0 bridgehead atoms. The van der Waals surface area contributed by atoms with Crippen molar-refractivity contribution in [3.8, 4) is 0 Å². The summed E-state index contributed by atoms with van der Waals surface area (Å²) in [6.07, 6.45) is 6.96. The molecule has 13 heavy (non-hydrogen) atoms. The van der Waals surface area contributed by atoms with Crippen LogP contribution in [0, 0.1) is 11.8 Å². The molecule has 0 amide bonds. The Labute approximate surface area is 83.3 Å². The van der Waals surface area contributed by atoms with Crippen LogP contribution in [0.5, 0.6) is 0 Å². The second kappa shape index (κ2) is 5.64. The minimum Gasteiger partial charge on any atom is -0.314 e. The fourth-order valence-electron chi connectivity index (χ4n) is 2.04. The third-order valence-electron chi connectivity index (χ3n) is 2.92. The summed E-state index contributed by atoms with van der Waals surface area (Å²) in [5, 5.41) is 3.60. The molecule has 0 aromatic carbocycles. The van der Waals surface area contributed by atoms with Crippen LogP contribution in [0.25, 0.3) is 0 Å². The van der Waals surface area contributed by atoms with E-state index in [9.17, 15) is 0 Å². The van der Waals surface area contributed by atoms with Crippen LogP contribution >= 0.6 is 0 Å². The molecule has 2 unspecified atom stereocenters. The minimum atomic E-state index is 0.863. The Hall–Kier alpha value is -0.0400. The Morgan fingerprint density at radius 3 is 2.46 bits per heavy atom. The third kappa shape index (κ3) is 5.30. The Morgan fingerprint density at radius 2 is 1.92 bits per heavy atom. The van der Waals surface area contributed by atoms with Gasteiger partial charge in [0, 0.05) is 6.04 Å². The number of nitrogens with one attached hydrogen (secondary N) is 1. The van der Waals surface area contributed by atoms with Crippen molar-refractivity contribution >= 4 is 0 Å². The van der Waals surface area contributed by atoms with Crippen LogP contribution in [0.3, 0.4) is 0 Å². The van der Waals surface area contributed by atoms with Crippen molar-refractivity contribution in [3.05, 3.63) is 0 Å². The second-order valence-electron chi connectivity index (χ2n) is 4.92. The first-order valence-corrected chi connectivity index (χ1v) is 5.95. The Kier molecular flexibility index (Phi) is 4.79. The summed E-state index contributed by atoms with van der Waals surface area (Å²) in [5.41, 5.74) is 0. The molecule has 1 heteroatoms. The molecule has 1 N–H and O–H groups in total. The molecule has 1 aliphatic rings. The molecular formula is C12H25N. The van der Waals surface area contributed by atoms with Crippen molar-refractivity contribution in [1.29, 1.82) is 0 Å². The molecule has 0 aliphatic heterocycles. The lowest BCUT2D eigenvalue weighted by atomic mass is 9.94. The smallest absolute Gasteiger partial charge is 0.00683 e. The highest BCUT2D eigenvalue weighted by molar-refractivity contribution is 4.81. The van der Waals surface area contributed by atoms with E-state index in [4.69, 9.17) is 0 Å². The van der Waals surface area contributed by atoms with Crippen LogP contribution in [-0.4, -0.2) is 12.6 Å². The lowest BCUT2D eigenvalue weighted by Gasteiger charge is -2.17. The van der Waals surface area contributed by atoms with Gasteiger partial charge in [-0.1, -0.05) is 33.6 Å². The molecule has 78 valence electrons. The molecule has 1 saturated carbocycles. The molecule has 0 spiro atoms. The second-order valence-corrected chi connectivity index (χ2v) is 4.92. The van der Waals surface area contributed by atoms with E-state index < -0.39 is 0 Å². The largest absolute Gasteiger partial charge is 0.314 e. The van der Waals surface area contributed by atoms with Crippen molar-refractivity contribution in [1.82, 2.24) is 5.32 Å². The van der Waals surface area contributed by atoms with Crippen LogP contribution in [0.15, 0.2) is 0 Å². The lowest BCUT2D eigenvalue weighted by Crippen LogP contribution is -2.24. The molecule has 1 fully saturated rings. The SMILES string of the molecule is CCCC(C)CC(C)CNC1CC1. The van der Waals surface area contributed by atoms with Gasteiger partial charge in [-0.3, -0.25) is 0 Å². The molecule has 1 aliphatic carbocycles. The highest BCUT2D eigenvalue weighted by atomic mass is 14.9. The van der Waals surface area contributed by atoms with Crippen molar-refractivity contribution < 1.29 is 0 Å². The number of rotatable bonds is 7. The summed E-state index contributed by atoms with van der Waals surface area (Å²) >= 11 is 0. The van der Waals surface area contributed by atoms with Crippen LogP contribution < -0.4 is 5.32 Å². The van der Waals surface area contributed by atoms with E-state index in [1.165, 1.54) is 38.6 Å². The van der Waals surface area contributed by atoms with Crippen molar-refractivity contribution in [2.45, 2.75) is 58.9 Å². The van der Waals surface area contributed by atoms with Gasteiger partial charge >= 0.3 is 0 Å². The maximum atomic E-state index is 3.60. The molecule has 0 aromatic heterocycles. The van der Waals surface area contributed by atoms with Gasteiger partial charge in [-0.15, -0.1) is 0 Å². The predicted octanol–water partition coefficient (Wildman–Crippen LogP) is 3.20. The fraction of sp³-hybridized carbons (Fsp3) is 1.00. The normalized spacial score (nSPS) is 21.5. The van der Waals surface area contributed by atoms with Gasteiger partial charge < -0.3 is 5.32 Å². The number of hydrogen-bond acceptors (Lipinski definition) is 1. The van der Waals surface area contributed by atoms with Gasteiger partial charge in [0.1, 0.15) is 0 Å². The van der Waals surface area contributed by atoms with Gasteiger partial charge in [0.25, 0.3) is 0 Å². The summed E-state index contributed by atoms with van der Waals surface area (Å²) in [6.45, 7) is 8.28. The summed E-state index contributed by atoms with van der Waals surface area (Å²) < 4.78 is 0.